The van der Waals surface area contributed by atoms with Crippen LogP contribution >= 0.6 is 0 Å². The third kappa shape index (κ3) is 2.25. The third-order valence-corrected chi connectivity index (χ3v) is 2.38. The minimum Gasteiger partial charge on any atom is -0.330 e. The average molecular weight is 177 g/mol. The molecule has 0 unspecified atom stereocenters. The maximum Gasteiger partial charge on any atom is 0.115 e. The van der Waals surface area contributed by atoms with Crippen LogP contribution in [0.2, 0.25) is 0 Å². The summed E-state index contributed by atoms with van der Waals surface area (Å²) in [5.41, 5.74) is 7.81. The van der Waals surface area contributed by atoms with Crippen molar-refractivity contribution in [3.8, 4) is 0 Å². The highest BCUT2D eigenvalue weighted by molar-refractivity contribution is 5.17. The first-order valence-electron chi connectivity index (χ1n) is 4.91. The fraction of sp³-hybridized carbons (Fsp3) is 0.600. The molecule has 70 valence electrons. The van der Waals surface area contributed by atoms with E-state index in [2.05, 4.69) is 16.0 Å². The van der Waals surface area contributed by atoms with Crippen molar-refractivity contribution in [2.75, 3.05) is 6.54 Å². The van der Waals surface area contributed by atoms with Gasteiger partial charge in [0.1, 0.15) is 6.33 Å². The lowest BCUT2D eigenvalue weighted by Gasteiger charge is -2.00. The second-order valence-electron chi connectivity index (χ2n) is 3.60. The molecule has 1 aliphatic rings. The van der Waals surface area contributed by atoms with E-state index in [9.17, 15) is 0 Å². The van der Waals surface area contributed by atoms with Crippen molar-refractivity contribution in [2.45, 2.75) is 31.6 Å². The lowest BCUT2D eigenvalue weighted by atomic mass is 10.2. The highest BCUT2D eigenvalue weighted by Gasteiger charge is 2.24. The SMILES string of the molecule is NCCCc1cc(C2CC2)ncn1. The van der Waals surface area contributed by atoms with Gasteiger partial charge in [0.15, 0.2) is 0 Å². The maximum atomic E-state index is 5.44. The Kier molecular flexibility index (Phi) is 2.54. The Labute approximate surface area is 78.4 Å². The molecule has 13 heavy (non-hydrogen) atoms. The maximum absolute atomic E-state index is 5.44. The minimum atomic E-state index is 0.722. The monoisotopic (exact) mass is 177 g/mol. The first-order chi connectivity index (χ1) is 6.40. The molecule has 2 rings (SSSR count). The van der Waals surface area contributed by atoms with Gasteiger partial charge >= 0.3 is 0 Å². The van der Waals surface area contributed by atoms with Crippen molar-refractivity contribution in [3.05, 3.63) is 23.8 Å². The number of nitrogens with zero attached hydrogens (tertiary/aromatic N) is 2. The van der Waals surface area contributed by atoms with Crippen LogP contribution in [-0.4, -0.2) is 16.5 Å². The highest BCUT2D eigenvalue weighted by Crippen LogP contribution is 2.38. The van der Waals surface area contributed by atoms with Gasteiger partial charge in [-0.1, -0.05) is 0 Å². The summed E-state index contributed by atoms with van der Waals surface area (Å²) in [4.78, 5) is 8.49. The second kappa shape index (κ2) is 3.83. The first kappa shape index (κ1) is 8.63. The summed E-state index contributed by atoms with van der Waals surface area (Å²) in [7, 11) is 0. The molecule has 1 aromatic rings. The Balaban J connectivity index is 2.03. The van der Waals surface area contributed by atoms with Gasteiger partial charge in [-0.25, -0.2) is 9.97 Å². The zero-order chi connectivity index (χ0) is 9.10. The number of aromatic nitrogens is 2. The fourth-order valence-electron chi connectivity index (χ4n) is 1.44. The smallest absolute Gasteiger partial charge is 0.115 e. The number of nitrogens with two attached hydrogens (primary N) is 1. The van der Waals surface area contributed by atoms with Crippen LogP contribution in [0.5, 0.6) is 0 Å². The Bertz CT molecular complexity index is 281. The van der Waals surface area contributed by atoms with Gasteiger partial charge in [0.2, 0.25) is 0 Å². The minimum absolute atomic E-state index is 0.722. The van der Waals surface area contributed by atoms with E-state index in [0.717, 1.165) is 31.0 Å². The molecule has 0 aromatic carbocycles. The lowest BCUT2D eigenvalue weighted by molar-refractivity contribution is 0.798. The zero-order valence-electron chi connectivity index (χ0n) is 7.74. The van der Waals surface area contributed by atoms with Crippen molar-refractivity contribution in [3.63, 3.8) is 0 Å². The van der Waals surface area contributed by atoms with E-state index in [4.69, 9.17) is 5.73 Å². The Morgan fingerprint density at radius 3 is 2.92 bits per heavy atom. The summed E-state index contributed by atoms with van der Waals surface area (Å²) in [6, 6.07) is 2.13. The van der Waals surface area contributed by atoms with Crippen LogP contribution < -0.4 is 5.73 Å². The fourth-order valence-corrected chi connectivity index (χ4v) is 1.44. The first-order valence-corrected chi connectivity index (χ1v) is 4.91. The molecular weight excluding hydrogens is 162 g/mol. The molecule has 1 aliphatic carbocycles. The van der Waals surface area contributed by atoms with Crippen LogP contribution in [-0.2, 0) is 6.42 Å². The van der Waals surface area contributed by atoms with Gasteiger partial charge in [-0.15, -0.1) is 0 Å². The molecule has 0 spiro atoms. The normalized spacial score (nSPS) is 16.1. The number of hydrogen-bond acceptors (Lipinski definition) is 3. The Hall–Kier alpha value is -0.960. The lowest BCUT2D eigenvalue weighted by Crippen LogP contribution is -2.02. The van der Waals surface area contributed by atoms with Crippen molar-refractivity contribution in [1.29, 1.82) is 0 Å². The molecular formula is C10H15N3. The topological polar surface area (TPSA) is 51.8 Å². The van der Waals surface area contributed by atoms with E-state index in [-0.39, 0.29) is 0 Å². The van der Waals surface area contributed by atoms with Gasteiger partial charge in [-0.05, 0) is 38.3 Å². The summed E-state index contributed by atoms with van der Waals surface area (Å²) < 4.78 is 0. The summed E-state index contributed by atoms with van der Waals surface area (Å²) in [5.74, 6) is 0.722. The number of rotatable bonds is 4. The van der Waals surface area contributed by atoms with Crippen LogP contribution in [0.4, 0.5) is 0 Å². The van der Waals surface area contributed by atoms with Crippen molar-refractivity contribution >= 4 is 0 Å². The molecule has 1 aromatic heterocycles. The van der Waals surface area contributed by atoms with E-state index >= 15 is 0 Å². The molecule has 0 aliphatic heterocycles. The third-order valence-electron chi connectivity index (χ3n) is 2.38. The Morgan fingerprint density at radius 1 is 1.38 bits per heavy atom. The predicted octanol–water partition coefficient (Wildman–Crippen LogP) is 1.25. The van der Waals surface area contributed by atoms with E-state index in [1.54, 1.807) is 6.33 Å². The highest BCUT2D eigenvalue weighted by atomic mass is 14.8. The van der Waals surface area contributed by atoms with Gasteiger partial charge in [0, 0.05) is 17.3 Å². The van der Waals surface area contributed by atoms with Gasteiger partial charge in [0.05, 0.1) is 0 Å². The molecule has 1 saturated carbocycles. The number of aryl methyl sites for hydroxylation is 1. The van der Waals surface area contributed by atoms with Gasteiger partial charge in [-0.3, -0.25) is 0 Å². The van der Waals surface area contributed by atoms with Gasteiger partial charge in [0.25, 0.3) is 0 Å². The van der Waals surface area contributed by atoms with Gasteiger partial charge < -0.3 is 5.73 Å². The molecule has 3 nitrogen and oxygen atoms in total. The standard InChI is InChI=1S/C10H15N3/c11-5-1-2-9-6-10(8-3-4-8)13-7-12-9/h6-8H,1-5,11H2. The summed E-state index contributed by atoms with van der Waals surface area (Å²) in [6.07, 6.45) is 6.28. The van der Waals surface area contributed by atoms with E-state index in [1.165, 1.54) is 18.5 Å². The quantitative estimate of drug-likeness (QED) is 0.753. The second-order valence-corrected chi connectivity index (χ2v) is 3.60. The average Bonchev–Trinajstić information content (AvgIpc) is 2.98. The molecule has 0 atom stereocenters. The molecule has 0 radical (unpaired) electrons. The molecule has 0 saturated heterocycles. The predicted molar refractivity (Wildman–Crippen MR) is 51.4 cm³/mol. The van der Waals surface area contributed by atoms with Crippen LogP contribution in [0, 0.1) is 0 Å². The molecule has 1 heterocycles. The van der Waals surface area contributed by atoms with Crippen LogP contribution in [0.15, 0.2) is 12.4 Å². The van der Waals surface area contributed by atoms with E-state index in [1.807, 2.05) is 0 Å². The molecule has 3 heteroatoms. The summed E-state index contributed by atoms with van der Waals surface area (Å²) in [5, 5.41) is 0. The Morgan fingerprint density at radius 2 is 2.23 bits per heavy atom. The summed E-state index contributed by atoms with van der Waals surface area (Å²) >= 11 is 0. The van der Waals surface area contributed by atoms with Crippen molar-refractivity contribution in [2.24, 2.45) is 5.73 Å². The molecule has 0 bridgehead atoms. The number of hydrogen-bond donors (Lipinski definition) is 1. The van der Waals surface area contributed by atoms with E-state index in [0.29, 0.717) is 0 Å². The largest absolute Gasteiger partial charge is 0.330 e. The molecule has 2 N–H and O–H groups in total. The summed E-state index contributed by atoms with van der Waals surface area (Å²) in [6.45, 7) is 0.739. The van der Waals surface area contributed by atoms with Crippen LogP contribution in [0.25, 0.3) is 0 Å². The van der Waals surface area contributed by atoms with Crippen LogP contribution in [0.3, 0.4) is 0 Å². The van der Waals surface area contributed by atoms with Crippen molar-refractivity contribution < 1.29 is 0 Å². The van der Waals surface area contributed by atoms with Crippen LogP contribution in [0.1, 0.15) is 36.6 Å². The van der Waals surface area contributed by atoms with E-state index < -0.39 is 0 Å². The van der Waals surface area contributed by atoms with Crippen molar-refractivity contribution in [1.82, 2.24) is 9.97 Å². The zero-order valence-corrected chi connectivity index (χ0v) is 7.74. The molecule has 0 amide bonds. The molecule has 1 fully saturated rings. The van der Waals surface area contributed by atoms with Gasteiger partial charge in [-0.2, -0.15) is 0 Å².